The summed E-state index contributed by atoms with van der Waals surface area (Å²) in [6.45, 7) is -0.610. The molecule has 10 heavy (non-hydrogen) atoms. The Hall–Kier alpha value is 1.11. The zero-order valence-electron chi connectivity index (χ0n) is 4.50. The third-order valence-corrected chi connectivity index (χ3v) is 1.70. The van der Waals surface area contributed by atoms with Crippen molar-refractivity contribution in [2.75, 3.05) is 6.61 Å². The van der Waals surface area contributed by atoms with E-state index in [1.807, 2.05) is 0 Å². The summed E-state index contributed by atoms with van der Waals surface area (Å²) in [6.07, 6.45) is 0. The molecule has 0 aromatic rings. The zero-order chi connectivity index (χ0) is 8.41. The van der Waals surface area contributed by atoms with E-state index < -0.39 is 24.9 Å². The summed E-state index contributed by atoms with van der Waals surface area (Å²) in [5.41, 5.74) is 0. The minimum absolute atomic E-state index is 0.610. The predicted octanol–water partition coefficient (Wildman–Crippen LogP) is 0.224. The van der Waals surface area contributed by atoms with E-state index in [1.165, 1.54) is 0 Å². The van der Waals surface area contributed by atoms with Crippen molar-refractivity contribution in [3.05, 3.63) is 0 Å². The van der Waals surface area contributed by atoms with E-state index >= 15 is 0 Å². The second-order valence-corrected chi connectivity index (χ2v) is 6.50. The average Bonchev–Trinajstić information content (AvgIpc) is 1.57. The Morgan fingerprint density at radius 1 is 1.40 bits per heavy atom. The van der Waals surface area contributed by atoms with E-state index in [9.17, 15) is 3.74 Å². The quantitative estimate of drug-likeness (QED) is 0.558. The minimum atomic E-state index is -5.07. The molecule has 0 aliphatic heterocycles. The van der Waals surface area contributed by atoms with Gasteiger partial charge in [0.25, 0.3) is 0 Å². The monoisotopic (exact) mass is 272 g/mol. The first-order valence-electron chi connectivity index (χ1n) is 1.97. The third-order valence-electron chi connectivity index (χ3n) is 0.396. The van der Waals surface area contributed by atoms with Crippen molar-refractivity contribution < 1.29 is 15.7 Å². The zero-order valence-corrected chi connectivity index (χ0v) is 8.64. The fraction of sp³-hybridized carbons (Fsp3) is 1.00. The van der Waals surface area contributed by atoms with E-state index in [4.69, 9.17) is 43.0 Å². The van der Waals surface area contributed by atoms with Gasteiger partial charge in [0.15, 0.2) is 0 Å². The number of alkyl halides is 3. The van der Waals surface area contributed by atoms with Crippen LogP contribution in [0.3, 0.4) is 0 Å². The average molecular weight is 273 g/mol. The van der Waals surface area contributed by atoms with Gasteiger partial charge in [0, 0.05) is 0 Å². The molecule has 4 nitrogen and oxygen atoms in total. The van der Waals surface area contributed by atoms with Gasteiger partial charge >= 0.3 is 75.4 Å². The van der Waals surface area contributed by atoms with Crippen LogP contribution >= 0.6 is 34.8 Å². The van der Waals surface area contributed by atoms with Crippen LogP contribution in [-0.4, -0.2) is 33.1 Å². The summed E-state index contributed by atoms with van der Waals surface area (Å²) >= 11 is 10.3. The first-order chi connectivity index (χ1) is 4.21. The van der Waals surface area contributed by atoms with Crippen molar-refractivity contribution in [2.24, 2.45) is 0 Å². The molecule has 0 saturated carbocycles. The molecule has 0 aliphatic carbocycles. The van der Waals surface area contributed by atoms with Gasteiger partial charge in [0.1, 0.15) is 0 Å². The molecule has 2 N–H and O–H groups in total. The number of halogens is 3. The van der Waals surface area contributed by atoms with Crippen molar-refractivity contribution in [2.45, 2.75) is 3.79 Å². The summed E-state index contributed by atoms with van der Waals surface area (Å²) in [6, 6.07) is 0. The standard InChI is InChI=1S/C2H4AsCl3O4/c4-2(5,6)1-10-3(7,8)9/h1H2,(H2,7,8,9). The molecule has 0 amide bonds. The first-order valence-corrected chi connectivity index (χ1v) is 6.32. The number of hydrogen-bond donors (Lipinski definition) is 2. The second-order valence-electron chi connectivity index (χ2n) is 1.38. The van der Waals surface area contributed by atoms with Crippen molar-refractivity contribution >= 4 is 49.3 Å². The molecule has 8 heteroatoms. The van der Waals surface area contributed by atoms with Crippen LogP contribution < -0.4 is 0 Å². The normalized spacial score (nSPS) is 13.7. The van der Waals surface area contributed by atoms with Gasteiger partial charge in [-0.2, -0.15) is 0 Å². The Labute approximate surface area is 75.4 Å². The molecule has 0 aromatic heterocycles. The molecule has 0 aromatic carbocycles. The van der Waals surface area contributed by atoms with Crippen molar-refractivity contribution in [3.63, 3.8) is 0 Å². The van der Waals surface area contributed by atoms with Gasteiger partial charge in [0.2, 0.25) is 0 Å². The number of hydrogen-bond acceptors (Lipinski definition) is 2. The van der Waals surface area contributed by atoms with E-state index in [0.29, 0.717) is 0 Å². The molecular formula is C2H4AsCl3O4. The van der Waals surface area contributed by atoms with Gasteiger partial charge in [-0.15, -0.1) is 0 Å². The van der Waals surface area contributed by atoms with Gasteiger partial charge in [-0.05, 0) is 0 Å². The maximum absolute atomic E-state index is 10.0. The molecule has 0 rings (SSSR count). The Kier molecular flexibility index (Phi) is 4.08. The summed E-state index contributed by atoms with van der Waals surface area (Å²) in [5.74, 6) is 0. The van der Waals surface area contributed by atoms with Crippen LogP contribution in [0, 0.1) is 0 Å². The van der Waals surface area contributed by atoms with Crippen LogP contribution in [-0.2, 0) is 7.47 Å². The van der Waals surface area contributed by atoms with E-state index in [-0.39, 0.29) is 0 Å². The molecule has 0 radical (unpaired) electrons. The van der Waals surface area contributed by atoms with Gasteiger partial charge in [-0.3, -0.25) is 0 Å². The molecular weight excluding hydrogens is 269 g/mol. The Morgan fingerprint density at radius 3 is 1.90 bits per heavy atom. The third kappa shape index (κ3) is 9.11. The van der Waals surface area contributed by atoms with Crippen LogP contribution in [0.4, 0.5) is 0 Å². The molecule has 0 heterocycles. The Bertz CT molecular complexity index is 147. The van der Waals surface area contributed by atoms with Crippen molar-refractivity contribution in [1.29, 1.82) is 0 Å². The topological polar surface area (TPSA) is 66.8 Å². The van der Waals surface area contributed by atoms with E-state index in [2.05, 4.69) is 3.73 Å². The Morgan fingerprint density at radius 2 is 1.80 bits per heavy atom. The van der Waals surface area contributed by atoms with Crippen LogP contribution in [0.25, 0.3) is 0 Å². The SMILES string of the molecule is O=[As](O)(O)OCC(Cl)(Cl)Cl. The number of rotatable bonds is 2. The fourth-order valence-electron chi connectivity index (χ4n) is 0.157. The van der Waals surface area contributed by atoms with Gasteiger partial charge in [-0.1, -0.05) is 0 Å². The van der Waals surface area contributed by atoms with Crippen LogP contribution in [0.15, 0.2) is 0 Å². The Balaban J connectivity index is 3.67. The van der Waals surface area contributed by atoms with Gasteiger partial charge in [-0.25, -0.2) is 0 Å². The van der Waals surface area contributed by atoms with E-state index in [1.54, 1.807) is 0 Å². The second kappa shape index (κ2) is 3.67. The summed E-state index contributed by atoms with van der Waals surface area (Å²) in [7, 11) is 0. The van der Waals surface area contributed by atoms with Gasteiger partial charge in [0.05, 0.1) is 0 Å². The first kappa shape index (κ1) is 11.1. The van der Waals surface area contributed by atoms with Crippen LogP contribution in [0.1, 0.15) is 0 Å². The molecule has 0 spiro atoms. The fourth-order valence-corrected chi connectivity index (χ4v) is 1.58. The molecule has 0 unspecified atom stereocenters. The van der Waals surface area contributed by atoms with Crippen molar-refractivity contribution in [1.82, 2.24) is 0 Å². The summed E-state index contributed by atoms with van der Waals surface area (Å²) < 4.78 is 28.5. The molecule has 0 saturated heterocycles. The molecule has 0 aliphatic rings. The molecule has 0 atom stereocenters. The molecule has 0 fully saturated rings. The van der Waals surface area contributed by atoms with Crippen molar-refractivity contribution in [3.8, 4) is 0 Å². The summed E-state index contributed by atoms with van der Waals surface area (Å²) in [5, 5.41) is 0. The van der Waals surface area contributed by atoms with E-state index in [0.717, 1.165) is 0 Å². The van der Waals surface area contributed by atoms with Gasteiger partial charge < -0.3 is 0 Å². The van der Waals surface area contributed by atoms with Crippen LogP contribution in [0.5, 0.6) is 0 Å². The summed E-state index contributed by atoms with van der Waals surface area (Å²) in [4.78, 5) is 0. The molecule has 0 bridgehead atoms. The molecule has 62 valence electrons. The maximum atomic E-state index is 10.0. The predicted molar refractivity (Wildman–Crippen MR) is 37.1 cm³/mol. The van der Waals surface area contributed by atoms with Crippen LogP contribution in [0.2, 0.25) is 0 Å².